The van der Waals surface area contributed by atoms with Gasteiger partial charge in [0.1, 0.15) is 5.60 Å². The molecule has 8 nitrogen and oxygen atoms in total. The maximum Gasteiger partial charge on any atom is 0.329 e. The molecule has 0 aromatic rings. The number of carboxylic acids is 2. The zero-order chi connectivity index (χ0) is 14.5. The van der Waals surface area contributed by atoms with Crippen molar-refractivity contribution in [3.63, 3.8) is 0 Å². The largest absolute Gasteiger partial charge is 0.481 e. The minimum Gasteiger partial charge on any atom is -0.481 e. The quantitative estimate of drug-likeness (QED) is 0.456. The Hall–Kier alpha value is -1.93. The second-order valence-corrected chi connectivity index (χ2v) is 5.23. The Morgan fingerprint density at radius 3 is 2.85 bits per heavy atom. The first-order valence-electron chi connectivity index (χ1n) is 6.28. The third-order valence-corrected chi connectivity index (χ3v) is 4.12. The van der Waals surface area contributed by atoms with Crippen LogP contribution in [0.4, 0.5) is 0 Å². The monoisotopic (exact) mass is 282 g/mol. The van der Waals surface area contributed by atoms with Crippen molar-refractivity contribution in [3.8, 4) is 0 Å². The van der Waals surface area contributed by atoms with Crippen molar-refractivity contribution in [2.45, 2.75) is 30.2 Å². The number of carboxylic acid groups (broad SMARTS) is 2. The molecule has 3 aliphatic rings. The molecule has 5 atom stereocenters. The summed E-state index contributed by atoms with van der Waals surface area (Å²) in [6.45, 7) is 0.537. The van der Waals surface area contributed by atoms with E-state index in [1.165, 1.54) is 0 Å². The molecular weight excluding hydrogens is 268 g/mol. The summed E-state index contributed by atoms with van der Waals surface area (Å²) in [7, 11) is 0. The molecule has 0 aromatic carbocycles. The van der Waals surface area contributed by atoms with Crippen LogP contribution in [-0.2, 0) is 19.1 Å². The second kappa shape index (κ2) is 4.29. The molecule has 3 heterocycles. The number of hydrogen-bond donors (Lipinski definition) is 4. The number of fused-ring (bicyclic) bond motifs is 3. The van der Waals surface area contributed by atoms with Crippen molar-refractivity contribution in [3.05, 3.63) is 12.2 Å². The van der Waals surface area contributed by atoms with Crippen molar-refractivity contribution in [2.24, 2.45) is 5.92 Å². The van der Waals surface area contributed by atoms with E-state index in [0.717, 1.165) is 0 Å². The van der Waals surface area contributed by atoms with Crippen LogP contribution in [0, 0.1) is 5.92 Å². The molecule has 3 aliphatic heterocycles. The summed E-state index contributed by atoms with van der Waals surface area (Å²) in [5, 5.41) is 23.8. The van der Waals surface area contributed by atoms with Crippen LogP contribution in [0.25, 0.3) is 0 Å². The van der Waals surface area contributed by atoms with Crippen LogP contribution in [0.3, 0.4) is 0 Å². The first-order chi connectivity index (χ1) is 9.45. The van der Waals surface area contributed by atoms with Crippen LogP contribution in [0.2, 0.25) is 0 Å². The molecule has 0 saturated carbocycles. The summed E-state index contributed by atoms with van der Waals surface area (Å²) in [4.78, 5) is 34.6. The molecule has 8 heteroatoms. The number of nitrogens with one attached hydrogen (secondary N) is 2. The summed E-state index contributed by atoms with van der Waals surface area (Å²) >= 11 is 0. The van der Waals surface area contributed by atoms with Crippen LogP contribution in [0.15, 0.2) is 12.2 Å². The number of ether oxygens (including phenoxy) is 1. The molecule has 0 aromatic heterocycles. The molecule has 108 valence electrons. The summed E-state index contributed by atoms with van der Waals surface area (Å²) in [5.74, 6) is -3.78. The van der Waals surface area contributed by atoms with Crippen LogP contribution < -0.4 is 10.6 Å². The average Bonchev–Trinajstić information content (AvgIpc) is 2.81. The van der Waals surface area contributed by atoms with E-state index in [1.807, 2.05) is 6.08 Å². The fourth-order valence-corrected chi connectivity index (χ4v) is 3.44. The molecule has 1 amide bonds. The van der Waals surface area contributed by atoms with Gasteiger partial charge in [-0.3, -0.25) is 9.59 Å². The zero-order valence-electron chi connectivity index (χ0n) is 10.4. The highest BCUT2D eigenvalue weighted by Gasteiger charge is 2.68. The molecule has 3 rings (SSSR count). The van der Waals surface area contributed by atoms with Crippen molar-refractivity contribution in [1.82, 2.24) is 10.6 Å². The smallest absolute Gasteiger partial charge is 0.329 e. The molecule has 0 radical (unpaired) electrons. The Morgan fingerprint density at radius 2 is 2.20 bits per heavy atom. The Bertz CT molecular complexity index is 518. The first-order valence-corrected chi connectivity index (χ1v) is 6.28. The number of rotatable bonds is 3. The molecule has 4 N–H and O–H groups in total. The number of carbonyl (C=O) groups is 3. The lowest BCUT2D eigenvalue weighted by Gasteiger charge is -2.29. The predicted octanol–water partition coefficient (Wildman–Crippen LogP) is -1.67. The Labute approximate surface area is 113 Å². The zero-order valence-corrected chi connectivity index (χ0v) is 10.4. The van der Waals surface area contributed by atoms with E-state index < -0.39 is 54.0 Å². The van der Waals surface area contributed by atoms with Gasteiger partial charge in [-0.2, -0.15) is 0 Å². The standard InChI is InChI=1S/C12H14N2O6/c15-6(16)4-12-7(10(17)14-9(12)11(18)19)8-5(20-12)2-1-3-13-8/h1-2,5,7-9,13H,3-4H2,(H,14,17)(H,15,16)(H,18,19)/t5-,7+,8+,9+,12+/m0/s1. The molecule has 0 bridgehead atoms. The van der Waals surface area contributed by atoms with Gasteiger partial charge in [-0.1, -0.05) is 12.2 Å². The number of amides is 1. The lowest BCUT2D eigenvalue weighted by atomic mass is 9.79. The van der Waals surface area contributed by atoms with E-state index in [1.54, 1.807) is 6.08 Å². The van der Waals surface area contributed by atoms with Crippen molar-refractivity contribution >= 4 is 17.8 Å². The minimum absolute atomic E-state index is 0.399. The van der Waals surface area contributed by atoms with Gasteiger partial charge in [-0.25, -0.2) is 4.79 Å². The van der Waals surface area contributed by atoms with Gasteiger partial charge in [0.05, 0.1) is 24.5 Å². The van der Waals surface area contributed by atoms with Gasteiger partial charge in [0, 0.05) is 6.54 Å². The van der Waals surface area contributed by atoms with Gasteiger partial charge in [0.25, 0.3) is 0 Å². The lowest BCUT2D eigenvalue weighted by Crippen LogP contribution is -2.52. The van der Waals surface area contributed by atoms with E-state index in [9.17, 15) is 19.5 Å². The fourth-order valence-electron chi connectivity index (χ4n) is 3.44. The lowest BCUT2D eigenvalue weighted by molar-refractivity contribution is -0.155. The third-order valence-electron chi connectivity index (χ3n) is 4.12. The Kier molecular flexibility index (Phi) is 2.80. The Balaban J connectivity index is 2.05. The summed E-state index contributed by atoms with van der Waals surface area (Å²) in [6.07, 6.45) is 2.54. The minimum atomic E-state index is -1.55. The van der Waals surface area contributed by atoms with Gasteiger partial charge in [-0.05, 0) is 0 Å². The van der Waals surface area contributed by atoms with Gasteiger partial charge in [-0.15, -0.1) is 0 Å². The predicted molar refractivity (Wildman–Crippen MR) is 63.8 cm³/mol. The fraction of sp³-hybridized carbons (Fsp3) is 0.583. The molecule has 0 unspecified atom stereocenters. The van der Waals surface area contributed by atoms with Gasteiger partial charge >= 0.3 is 11.9 Å². The number of carbonyl (C=O) groups excluding carboxylic acids is 1. The molecule has 0 aliphatic carbocycles. The normalized spacial score (nSPS) is 41.9. The van der Waals surface area contributed by atoms with Gasteiger partial charge < -0.3 is 25.6 Å². The topological polar surface area (TPSA) is 125 Å². The molecule has 2 fully saturated rings. The van der Waals surface area contributed by atoms with Crippen LogP contribution in [0.5, 0.6) is 0 Å². The molecule has 0 spiro atoms. The maximum atomic E-state index is 12.1. The molecule has 2 saturated heterocycles. The van der Waals surface area contributed by atoms with E-state index in [2.05, 4.69) is 10.6 Å². The number of hydrogen-bond acceptors (Lipinski definition) is 5. The second-order valence-electron chi connectivity index (χ2n) is 5.23. The average molecular weight is 282 g/mol. The van der Waals surface area contributed by atoms with Gasteiger partial charge in [0.15, 0.2) is 6.04 Å². The molecular formula is C12H14N2O6. The van der Waals surface area contributed by atoms with E-state index in [4.69, 9.17) is 9.84 Å². The van der Waals surface area contributed by atoms with Gasteiger partial charge in [0.2, 0.25) is 5.91 Å². The van der Waals surface area contributed by atoms with Crippen LogP contribution >= 0.6 is 0 Å². The van der Waals surface area contributed by atoms with Crippen LogP contribution in [0.1, 0.15) is 6.42 Å². The van der Waals surface area contributed by atoms with E-state index >= 15 is 0 Å². The maximum absolute atomic E-state index is 12.1. The van der Waals surface area contributed by atoms with Crippen molar-refractivity contribution < 1.29 is 29.3 Å². The van der Waals surface area contributed by atoms with E-state index in [0.29, 0.717) is 6.54 Å². The SMILES string of the molecule is O=C(O)C[C@@]12O[C@H]3C=CCN[C@H]3[C@@H]1C(=O)N[C@@H]2C(=O)O. The molecule has 20 heavy (non-hydrogen) atoms. The van der Waals surface area contributed by atoms with Crippen LogP contribution in [-0.4, -0.2) is 58.4 Å². The summed E-state index contributed by atoms with van der Waals surface area (Å²) in [5.41, 5.74) is -1.55. The number of aliphatic carboxylic acids is 2. The highest BCUT2D eigenvalue weighted by Crippen LogP contribution is 2.46. The summed E-state index contributed by atoms with van der Waals surface area (Å²) < 4.78 is 5.74. The third kappa shape index (κ3) is 1.65. The van der Waals surface area contributed by atoms with Crippen molar-refractivity contribution in [1.29, 1.82) is 0 Å². The highest BCUT2D eigenvalue weighted by atomic mass is 16.5. The van der Waals surface area contributed by atoms with Crippen molar-refractivity contribution in [2.75, 3.05) is 6.54 Å². The highest BCUT2D eigenvalue weighted by molar-refractivity contribution is 5.94. The summed E-state index contributed by atoms with van der Waals surface area (Å²) in [6, 6.07) is -1.75. The first kappa shape index (κ1) is 13.1. The Morgan fingerprint density at radius 1 is 1.45 bits per heavy atom. The van der Waals surface area contributed by atoms with E-state index in [-0.39, 0.29) is 0 Å².